The van der Waals surface area contributed by atoms with Crippen molar-refractivity contribution in [2.24, 2.45) is 23.2 Å². The second-order valence-corrected chi connectivity index (χ2v) is 16.2. The number of rotatable bonds is 9. The Kier molecular flexibility index (Phi) is 7.67. The SMILES string of the molecule is CCO[C@@H](C)O[C@]1(C)C[C@@H](CC(C)C2CC[C@H]3[C@H](O[Si](C)(C)C)CCC[C@]23C)OC1=O. The molecule has 8 atom stereocenters. The molecule has 0 aromatic rings. The normalized spacial score (nSPS) is 40.5. The first-order valence-corrected chi connectivity index (χ1v) is 16.0. The minimum absolute atomic E-state index is 0.0680. The Morgan fingerprint density at radius 3 is 2.52 bits per heavy atom. The number of fused-ring (bicyclic) bond motifs is 1. The van der Waals surface area contributed by atoms with Crippen LogP contribution in [0.2, 0.25) is 19.6 Å². The highest BCUT2D eigenvalue weighted by Crippen LogP contribution is 2.59. The largest absolute Gasteiger partial charge is 0.460 e. The predicted octanol–water partition coefficient (Wildman–Crippen LogP) is 5.92. The molecule has 1 heterocycles. The smallest absolute Gasteiger partial charge is 0.338 e. The number of hydrogen-bond acceptors (Lipinski definition) is 5. The molecule has 5 nitrogen and oxygen atoms in total. The van der Waals surface area contributed by atoms with E-state index in [1.54, 1.807) is 0 Å². The van der Waals surface area contributed by atoms with E-state index in [0.717, 1.165) is 6.42 Å². The van der Waals surface area contributed by atoms with Crippen LogP contribution in [0.25, 0.3) is 0 Å². The molecule has 0 radical (unpaired) electrons. The van der Waals surface area contributed by atoms with Gasteiger partial charge >= 0.3 is 5.97 Å². The molecule has 2 saturated carbocycles. The van der Waals surface area contributed by atoms with Gasteiger partial charge < -0.3 is 18.6 Å². The molecular formula is C25H46O5Si. The topological polar surface area (TPSA) is 54.0 Å². The van der Waals surface area contributed by atoms with Crippen molar-refractivity contribution in [2.75, 3.05) is 6.61 Å². The fraction of sp³-hybridized carbons (Fsp3) is 0.960. The van der Waals surface area contributed by atoms with Crippen LogP contribution >= 0.6 is 0 Å². The van der Waals surface area contributed by atoms with Gasteiger partial charge in [0.15, 0.2) is 20.2 Å². The van der Waals surface area contributed by atoms with E-state index in [2.05, 4.69) is 33.5 Å². The Morgan fingerprint density at radius 1 is 1.16 bits per heavy atom. The van der Waals surface area contributed by atoms with Crippen LogP contribution in [-0.2, 0) is 23.4 Å². The minimum atomic E-state index is -1.54. The molecule has 6 heteroatoms. The van der Waals surface area contributed by atoms with Crippen LogP contribution in [0.3, 0.4) is 0 Å². The van der Waals surface area contributed by atoms with Crippen molar-refractivity contribution in [3.05, 3.63) is 0 Å². The summed E-state index contributed by atoms with van der Waals surface area (Å²) >= 11 is 0. The summed E-state index contributed by atoms with van der Waals surface area (Å²) in [6.07, 6.45) is 7.83. The third kappa shape index (κ3) is 5.56. The van der Waals surface area contributed by atoms with Gasteiger partial charge in [0.1, 0.15) is 6.10 Å². The molecule has 180 valence electrons. The van der Waals surface area contributed by atoms with E-state index in [1.807, 2.05) is 20.8 Å². The standard InChI is InChI=1S/C25H46O5Si/c1-9-27-18(3)29-25(5)16-19(28-23(25)26)15-17(2)20-12-13-21-22(30-31(6,7)8)11-10-14-24(20,21)4/h17-22H,9-16H2,1-8H3/t17?,18-,19-,20?,21+,22-,24-,25-/m1/s1. The Balaban J connectivity index is 1.62. The van der Waals surface area contributed by atoms with E-state index in [-0.39, 0.29) is 12.1 Å². The van der Waals surface area contributed by atoms with Crippen molar-refractivity contribution >= 4 is 14.3 Å². The first-order chi connectivity index (χ1) is 14.4. The summed E-state index contributed by atoms with van der Waals surface area (Å²) in [6.45, 7) is 18.0. The lowest BCUT2D eigenvalue weighted by Gasteiger charge is -2.48. The second kappa shape index (κ2) is 9.44. The monoisotopic (exact) mass is 454 g/mol. The fourth-order valence-corrected chi connectivity index (χ4v) is 8.16. The predicted molar refractivity (Wildman–Crippen MR) is 125 cm³/mol. The van der Waals surface area contributed by atoms with Crippen molar-refractivity contribution in [3.63, 3.8) is 0 Å². The maximum absolute atomic E-state index is 12.6. The van der Waals surface area contributed by atoms with Gasteiger partial charge in [-0.15, -0.1) is 0 Å². The van der Waals surface area contributed by atoms with Crippen molar-refractivity contribution in [3.8, 4) is 0 Å². The molecule has 0 N–H and O–H groups in total. The molecule has 0 aromatic heterocycles. The van der Waals surface area contributed by atoms with Crippen LogP contribution in [-0.4, -0.2) is 45.0 Å². The zero-order valence-electron chi connectivity index (χ0n) is 21.2. The van der Waals surface area contributed by atoms with Gasteiger partial charge in [0.05, 0.1) is 0 Å². The van der Waals surface area contributed by atoms with E-state index < -0.39 is 20.2 Å². The number of carbonyl (C=O) groups is 1. The van der Waals surface area contributed by atoms with Gasteiger partial charge in [0.25, 0.3) is 0 Å². The number of hydrogen-bond donors (Lipinski definition) is 0. The summed E-state index contributed by atoms with van der Waals surface area (Å²) in [5, 5.41) is 0. The van der Waals surface area contributed by atoms with Gasteiger partial charge in [-0.3, -0.25) is 0 Å². The quantitative estimate of drug-likeness (QED) is 0.246. The molecule has 2 unspecified atom stereocenters. The summed E-state index contributed by atoms with van der Waals surface area (Å²) in [5.74, 6) is 1.62. The summed E-state index contributed by atoms with van der Waals surface area (Å²) in [6, 6.07) is 0. The third-order valence-corrected chi connectivity index (χ3v) is 9.12. The number of cyclic esters (lactones) is 1. The Hall–Kier alpha value is -0.433. The summed E-state index contributed by atoms with van der Waals surface area (Å²) < 4.78 is 23.9. The highest BCUT2D eigenvalue weighted by molar-refractivity contribution is 6.69. The Labute approximate surface area is 191 Å². The van der Waals surface area contributed by atoms with Gasteiger partial charge in [0, 0.05) is 19.1 Å². The molecule has 0 amide bonds. The van der Waals surface area contributed by atoms with E-state index in [0.29, 0.717) is 42.3 Å². The van der Waals surface area contributed by atoms with E-state index in [9.17, 15) is 4.79 Å². The van der Waals surface area contributed by atoms with E-state index >= 15 is 0 Å². The van der Waals surface area contributed by atoms with Crippen LogP contribution in [0, 0.1) is 23.2 Å². The van der Waals surface area contributed by atoms with Crippen LogP contribution in [0.15, 0.2) is 0 Å². The number of carbonyl (C=O) groups excluding carboxylic acids is 1. The van der Waals surface area contributed by atoms with E-state index in [4.69, 9.17) is 18.6 Å². The lowest BCUT2D eigenvalue weighted by molar-refractivity contribution is -0.200. The van der Waals surface area contributed by atoms with Gasteiger partial charge in [0.2, 0.25) is 0 Å². The van der Waals surface area contributed by atoms with Crippen LogP contribution in [0.5, 0.6) is 0 Å². The average Bonchev–Trinajstić information content (AvgIpc) is 3.10. The van der Waals surface area contributed by atoms with Crippen molar-refractivity contribution < 1.29 is 23.4 Å². The van der Waals surface area contributed by atoms with Crippen LogP contribution in [0.4, 0.5) is 0 Å². The maximum atomic E-state index is 12.6. The molecule has 3 rings (SSSR count). The number of esters is 1. The molecule has 0 bridgehead atoms. The average molecular weight is 455 g/mol. The second-order valence-electron chi connectivity index (χ2n) is 11.8. The molecule has 3 aliphatic rings. The Bertz CT molecular complexity index is 634. The maximum Gasteiger partial charge on any atom is 0.338 e. The first kappa shape index (κ1) is 25.2. The molecule has 0 aromatic carbocycles. The zero-order chi connectivity index (χ0) is 23.0. The number of ether oxygens (including phenoxy) is 3. The molecule has 1 aliphatic heterocycles. The molecular weight excluding hydrogens is 408 g/mol. The van der Waals surface area contributed by atoms with Gasteiger partial charge in [-0.2, -0.15) is 0 Å². The molecule has 3 fully saturated rings. The molecule has 0 spiro atoms. The highest BCUT2D eigenvalue weighted by atomic mass is 28.4. The van der Waals surface area contributed by atoms with E-state index in [1.165, 1.54) is 32.1 Å². The lowest BCUT2D eigenvalue weighted by Crippen LogP contribution is -2.46. The lowest BCUT2D eigenvalue weighted by atomic mass is 9.61. The van der Waals surface area contributed by atoms with Crippen molar-refractivity contribution in [1.82, 2.24) is 0 Å². The van der Waals surface area contributed by atoms with Crippen LogP contribution in [0.1, 0.15) is 79.6 Å². The van der Waals surface area contributed by atoms with Crippen LogP contribution < -0.4 is 0 Å². The molecule has 1 saturated heterocycles. The highest BCUT2D eigenvalue weighted by Gasteiger charge is 2.54. The summed E-state index contributed by atoms with van der Waals surface area (Å²) in [5.41, 5.74) is -0.559. The van der Waals surface area contributed by atoms with Crippen molar-refractivity contribution in [2.45, 2.75) is 123 Å². The summed E-state index contributed by atoms with van der Waals surface area (Å²) in [4.78, 5) is 12.6. The summed E-state index contributed by atoms with van der Waals surface area (Å²) in [7, 11) is -1.54. The molecule has 31 heavy (non-hydrogen) atoms. The fourth-order valence-electron chi connectivity index (χ4n) is 6.97. The molecule has 2 aliphatic carbocycles. The van der Waals surface area contributed by atoms with Crippen molar-refractivity contribution in [1.29, 1.82) is 0 Å². The zero-order valence-corrected chi connectivity index (χ0v) is 22.2. The van der Waals surface area contributed by atoms with Gasteiger partial charge in [-0.05, 0) is 95.7 Å². The Morgan fingerprint density at radius 2 is 1.87 bits per heavy atom. The third-order valence-electron chi connectivity index (χ3n) is 8.11. The van der Waals surface area contributed by atoms with Gasteiger partial charge in [-0.1, -0.05) is 20.3 Å². The first-order valence-electron chi connectivity index (χ1n) is 12.6. The minimum Gasteiger partial charge on any atom is -0.460 e. The van der Waals surface area contributed by atoms with Gasteiger partial charge in [-0.25, -0.2) is 4.79 Å².